The Bertz CT molecular complexity index is 725. The fraction of sp³-hybridized carbons (Fsp3) is 0.438. The van der Waals surface area contributed by atoms with Gasteiger partial charge in [0.1, 0.15) is 17.8 Å². The number of nitrogens with zero attached hydrogens (tertiary/aromatic N) is 3. The summed E-state index contributed by atoms with van der Waals surface area (Å²) < 4.78 is 5.18. The lowest BCUT2D eigenvalue weighted by Crippen LogP contribution is -2.45. The molecule has 1 saturated heterocycles. The van der Waals surface area contributed by atoms with Gasteiger partial charge in [0, 0.05) is 26.2 Å². The molecule has 0 atom stereocenters. The number of nitrogens with one attached hydrogen (secondary N) is 2. The second kappa shape index (κ2) is 7.09. The Morgan fingerprint density at radius 1 is 1.38 bits per heavy atom. The normalized spacial score (nSPS) is 15.4. The molecule has 1 aliphatic rings. The monoisotopic (exact) mass is 349 g/mol. The fourth-order valence-corrected chi connectivity index (χ4v) is 3.15. The number of aromatic nitrogens is 2. The predicted molar refractivity (Wildman–Crippen MR) is 92.7 cm³/mol. The first-order valence-electron chi connectivity index (χ1n) is 7.88. The second-order valence-electron chi connectivity index (χ2n) is 5.74. The van der Waals surface area contributed by atoms with E-state index in [2.05, 4.69) is 25.5 Å². The van der Waals surface area contributed by atoms with Crippen LogP contribution in [0.2, 0.25) is 5.15 Å². The van der Waals surface area contributed by atoms with E-state index >= 15 is 0 Å². The van der Waals surface area contributed by atoms with Crippen LogP contribution in [0.1, 0.15) is 29.0 Å². The molecule has 1 amide bonds. The molecule has 0 saturated carbocycles. The average Bonchev–Trinajstić information content (AvgIpc) is 3.01. The number of amides is 1. The largest absolute Gasteiger partial charge is 0.469 e. The molecule has 0 bridgehead atoms. The fourth-order valence-electron chi connectivity index (χ4n) is 2.93. The average molecular weight is 350 g/mol. The van der Waals surface area contributed by atoms with Crippen molar-refractivity contribution in [3.63, 3.8) is 0 Å². The van der Waals surface area contributed by atoms with Crippen LogP contribution in [0.25, 0.3) is 0 Å². The van der Waals surface area contributed by atoms with E-state index in [1.807, 2.05) is 0 Å². The molecule has 8 heteroatoms. The third-order valence-corrected chi connectivity index (χ3v) is 4.55. The van der Waals surface area contributed by atoms with Crippen molar-refractivity contribution >= 4 is 29.0 Å². The Balaban J connectivity index is 1.61. The number of rotatable bonds is 4. The van der Waals surface area contributed by atoms with E-state index in [0.29, 0.717) is 16.5 Å². The number of hydrogen-bond donors (Lipinski definition) is 2. The molecule has 24 heavy (non-hydrogen) atoms. The van der Waals surface area contributed by atoms with Gasteiger partial charge >= 0.3 is 0 Å². The number of piperidine rings is 1. The van der Waals surface area contributed by atoms with E-state index in [4.69, 9.17) is 16.0 Å². The van der Waals surface area contributed by atoms with Crippen LogP contribution in [0.3, 0.4) is 0 Å². The molecule has 3 rings (SSSR count). The number of aryl methyl sites for hydroxylation is 1. The number of furan rings is 1. The Labute approximate surface area is 145 Å². The van der Waals surface area contributed by atoms with Crippen molar-refractivity contribution in [2.45, 2.75) is 25.8 Å². The van der Waals surface area contributed by atoms with Crippen molar-refractivity contribution in [1.29, 1.82) is 0 Å². The maximum atomic E-state index is 12.3. The zero-order valence-corrected chi connectivity index (χ0v) is 14.4. The Morgan fingerprint density at radius 3 is 2.75 bits per heavy atom. The minimum absolute atomic E-state index is 0.0827. The lowest BCUT2D eigenvalue weighted by Gasteiger charge is -2.34. The summed E-state index contributed by atoms with van der Waals surface area (Å²) in [5, 5.41) is 6.54. The standard InChI is InChI=1S/C16H20ClN5O2/c1-10-12(5-8-24-10)16(23)21-11-3-6-22(7-4-11)15-13(18-2)14(17)19-9-20-15/h5,8-9,11,18H,3-4,6-7H2,1-2H3,(H,21,23). The number of hydrogen-bond acceptors (Lipinski definition) is 6. The van der Waals surface area contributed by atoms with E-state index in [9.17, 15) is 4.79 Å². The first-order valence-corrected chi connectivity index (χ1v) is 8.26. The highest BCUT2D eigenvalue weighted by Crippen LogP contribution is 2.30. The predicted octanol–water partition coefficient (Wildman–Crippen LogP) is 2.47. The molecule has 1 fully saturated rings. The lowest BCUT2D eigenvalue weighted by molar-refractivity contribution is 0.0929. The Kier molecular flexibility index (Phi) is 4.89. The summed E-state index contributed by atoms with van der Waals surface area (Å²) in [6.07, 6.45) is 4.68. The third kappa shape index (κ3) is 3.31. The van der Waals surface area contributed by atoms with E-state index < -0.39 is 0 Å². The highest BCUT2D eigenvalue weighted by Gasteiger charge is 2.25. The number of carbonyl (C=O) groups excluding carboxylic acids is 1. The van der Waals surface area contributed by atoms with Crippen molar-refractivity contribution in [3.8, 4) is 0 Å². The molecule has 2 N–H and O–H groups in total. The van der Waals surface area contributed by atoms with Crippen LogP contribution in [-0.2, 0) is 0 Å². The molecule has 1 aliphatic heterocycles. The van der Waals surface area contributed by atoms with Crippen molar-refractivity contribution in [2.75, 3.05) is 30.4 Å². The topological polar surface area (TPSA) is 83.3 Å². The van der Waals surface area contributed by atoms with Crippen molar-refractivity contribution in [1.82, 2.24) is 15.3 Å². The smallest absolute Gasteiger partial charge is 0.255 e. The zero-order chi connectivity index (χ0) is 17.1. The van der Waals surface area contributed by atoms with Crippen molar-refractivity contribution in [2.24, 2.45) is 0 Å². The van der Waals surface area contributed by atoms with E-state index in [0.717, 1.165) is 37.4 Å². The summed E-state index contributed by atoms with van der Waals surface area (Å²) in [4.78, 5) is 22.8. The third-order valence-electron chi connectivity index (χ3n) is 4.26. The first-order chi connectivity index (χ1) is 11.6. The molecule has 3 heterocycles. The van der Waals surface area contributed by atoms with Gasteiger partial charge in [0.15, 0.2) is 11.0 Å². The molecule has 0 spiro atoms. The van der Waals surface area contributed by atoms with Gasteiger partial charge in [0.2, 0.25) is 0 Å². The van der Waals surface area contributed by atoms with Crippen LogP contribution in [0.5, 0.6) is 0 Å². The van der Waals surface area contributed by atoms with Crippen LogP contribution in [0.4, 0.5) is 11.5 Å². The van der Waals surface area contributed by atoms with Gasteiger partial charge in [0.05, 0.1) is 11.8 Å². The molecule has 0 radical (unpaired) electrons. The Morgan fingerprint density at radius 2 is 2.12 bits per heavy atom. The van der Waals surface area contributed by atoms with Gasteiger partial charge in [-0.3, -0.25) is 4.79 Å². The van der Waals surface area contributed by atoms with Gasteiger partial charge in [0.25, 0.3) is 5.91 Å². The van der Waals surface area contributed by atoms with Gasteiger partial charge < -0.3 is 20.0 Å². The maximum absolute atomic E-state index is 12.3. The van der Waals surface area contributed by atoms with Crippen molar-refractivity contribution < 1.29 is 9.21 Å². The molecular formula is C16H20ClN5O2. The lowest BCUT2D eigenvalue weighted by atomic mass is 10.0. The minimum Gasteiger partial charge on any atom is -0.469 e. The van der Waals surface area contributed by atoms with Crippen LogP contribution < -0.4 is 15.5 Å². The summed E-state index contributed by atoms with van der Waals surface area (Å²) in [5.41, 5.74) is 1.33. The molecule has 0 aliphatic carbocycles. The minimum atomic E-state index is -0.0827. The van der Waals surface area contributed by atoms with Gasteiger partial charge in [-0.2, -0.15) is 0 Å². The molecule has 0 unspecified atom stereocenters. The molecule has 7 nitrogen and oxygen atoms in total. The number of halogens is 1. The summed E-state index contributed by atoms with van der Waals surface area (Å²) in [5.74, 6) is 1.35. The van der Waals surface area contributed by atoms with Gasteiger partial charge in [-0.15, -0.1) is 0 Å². The van der Waals surface area contributed by atoms with Crippen LogP contribution in [-0.4, -0.2) is 42.1 Å². The number of carbonyl (C=O) groups is 1. The van der Waals surface area contributed by atoms with Crippen LogP contribution in [0, 0.1) is 6.92 Å². The van der Waals surface area contributed by atoms with Crippen molar-refractivity contribution in [3.05, 3.63) is 35.1 Å². The first kappa shape index (κ1) is 16.6. The summed E-state index contributed by atoms with van der Waals surface area (Å²) >= 11 is 6.11. The van der Waals surface area contributed by atoms with E-state index in [1.165, 1.54) is 12.6 Å². The van der Waals surface area contributed by atoms with E-state index in [1.54, 1.807) is 20.0 Å². The van der Waals surface area contributed by atoms with Gasteiger partial charge in [-0.1, -0.05) is 11.6 Å². The zero-order valence-electron chi connectivity index (χ0n) is 13.7. The quantitative estimate of drug-likeness (QED) is 0.825. The maximum Gasteiger partial charge on any atom is 0.255 e. The van der Waals surface area contributed by atoms with Crippen LogP contribution in [0.15, 0.2) is 23.1 Å². The number of anilines is 2. The molecule has 2 aromatic rings. The summed E-state index contributed by atoms with van der Waals surface area (Å²) in [6, 6.07) is 1.83. The molecule has 0 aromatic carbocycles. The highest BCUT2D eigenvalue weighted by atomic mass is 35.5. The Hall–Kier alpha value is -2.28. The molecule has 2 aromatic heterocycles. The van der Waals surface area contributed by atoms with Crippen LogP contribution >= 0.6 is 11.6 Å². The summed E-state index contributed by atoms with van der Waals surface area (Å²) in [7, 11) is 1.80. The van der Waals surface area contributed by atoms with Gasteiger partial charge in [-0.25, -0.2) is 9.97 Å². The van der Waals surface area contributed by atoms with Gasteiger partial charge in [-0.05, 0) is 25.8 Å². The van der Waals surface area contributed by atoms with E-state index in [-0.39, 0.29) is 11.9 Å². The summed E-state index contributed by atoms with van der Waals surface area (Å²) in [6.45, 7) is 3.37. The molecular weight excluding hydrogens is 330 g/mol. The second-order valence-corrected chi connectivity index (χ2v) is 6.10. The SMILES string of the molecule is CNc1c(Cl)ncnc1N1CCC(NC(=O)c2ccoc2C)CC1. The highest BCUT2D eigenvalue weighted by molar-refractivity contribution is 6.32. The molecule has 128 valence electrons.